The molecule has 4 rings (SSSR count). The summed E-state index contributed by atoms with van der Waals surface area (Å²) < 4.78 is 11.4. The van der Waals surface area contributed by atoms with Gasteiger partial charge < -0.3 is 9.26 Å². The molecule has 2 aliphatic heterocycles. The predicted octanol–water partition coefficient (Wildman–Crippen LogP) is 2.93. The average molecular weight is 334 g/mol. The quantitative estimate of drug-likeness (QED) is 0.856. The van der Waals surface area contributed by atoms with Gasteiger partial charge in [0.15, 0.2) is 0 Å². The standard InChI is InChI=1S/C16H22N4O2S/c1-10(2)6-14-17-7-13(23-14)16-18-15(19-22-16)12-8-20-5-3-4-11(20)9-21-12/h7,10-12H,3-6,8-9H2,1-2H3/t11-,12+/m0/s1. The zero-order valence-corrected chi connectivity index (χ0v) is 14.4. The summed E-state index contributed by atoms with van der Waals surface area (Å²) in [6.45, 7) is 7.18. The van der Waals surface area contributed by atoms with E-state index in [0.29, 0.717) is 23.7 Å². The zero-order chi connectivity index (χ0) is 15.8. The molecule has 0 unspecified atom stereocenters. The summed E-state index contributed by atoms with van der Waals surface area (Å²) >= 11 is 1.63. The van der Waals surface area contributed by atoms with Crippen LogP contribution in [0.4, 0.5) is 0 Å². The van der Waals surface area contributed by atoms with Crippen LogP contribution in [-0.4, -0.2) is 45.8 Å². The van der Waals surface area contributed by atoms with Crippen molar-refractivity contribution in [2.75, 3.05) is 19.7 Å². The monoisotopic (exact) mass is 334 g/mol. The van der Waals surface area contributed by atoms with Crippen LogP contribution in [0.5, 0.6) is 0 Å². The average Bonchev–Trinajstić information content (AvgIpc) is 3.25. The highest BCUT2D eigenvalue weighted by Gasteiger charge is 2.35. The molecule has 0 bridgehead atoms. The van der Waals surface area contributed by atoms with Crippen LogP contribution < -0.4 is 0 Å². The lowest BCUT2D eigenvalue weighted by molar-refractivity contribution is -0.0548. The van der Waals surface area contributed by atoms with Crippen molar-refractivity contribution in [1.82, 2.24) is 20.0 Å². The summed E-state index contributed by atoms with van der Waals surface area (Å²) in [6, 6.07) is 0.581. The molecule has 0 N–H and O–H groups in total. The first-order valence-corrected chi connectivity index (χ1v) is 9.15. The lowest BCUT2D eigenvalue weighted by Gasteiger charge is -2.33. The number of hydrogen-bond donors (Lipinski definition) is 0. The van der Waals surface area contributed by atoms with Gasteiger partial charge in [-0.05, 0) is 25.3 Å². The molecule has 2 fully saturated rings. The molecule has 0 aromatic carbocycles. The van der Waals surface area contributed by atoms with E-state index in [2.05, 4.69) is 33.9 Å². The molecule has 0 saturated carbocycles. The Morgan fingerprint density at radius 3 is 3.22 bits per heavy atom. The Labute approximate surface area is 139 Å². The van der Waals surface area contributed by atoms with Crippen LogP contribution in [-0.2, 0) is 11.2 Å². The fourth-order valence-electron chi connectivity index (χ4n) is 3.29. The van der Waals surface area contributed by atoms with Crippen LogP contribution in [0.1, 0.15) is 43.6 Å². The topological polar surface area (TPSA) is 64.3 Å². The highest BCUT2D eigenvalue weighted by Crippen LogP contribution is 2.31. The van der Waals surface area contributed by atoms with Crippen molar-refractivity contribution >= 4 is 11.3 Å². The minimum absolute atomic E-state index is 0.0788. The maximum absolute atomic E-state index is 5.95. The molecule has 2 aliphatic rings. The molecule has 0 radical (unpaired) electrons. The summed E-state index contributed by atoms with van der Waals surface area (Å²) in [5, 5.41) is 5.26. The molecular weight excluding hydrogens is 312 g/mol. The van der Waals surface area contributed by atoms with Crippen molar-refractivity contribution in [3.8, 4) is 10.8 Å². The lowest BCUT2D eigenvalue weighted by Crippen LogP contribution is -2.42. The van der Waals surface area contributed by atoms with Crippen LogP contribution in [0.15, 0.2) is 10.7 Å². The summed E-state index contributed by atoms with van der Waals surface area (Å²) in [4.78, 5) is 12.4. The van der Waals surface area contributed by atoms with Gasteiger partial charge in [-0.15, -0.1) is 11.3 Å². The van der Waals surface area contributed by atoms with Gasteiger partial charge in [0.2, 0.25) is 5.82 Å². The first-order valence-electron chi connectivity index (χ1n) is 8.33. The summed E-state index contributed by atoms with van der Waals surface area (Å²) in [5.74, 6) is 1.81. The third-order valence-corrected chi connectivity index (χ3v) is 5.47. The second kappa shape index (κ2) is 6.30. The van der Waals surface area contributed by atoms with E-state index in [4.69, 9.17) is 9.26 Å². The van der Waals surface area contributed by atoms with Crippen molar-refractivity contribution in [2.24, 2.45) is 5.92 Å². The third kappa shape index (κ3) is 3.18. The summed E-state index contributed by atoms with van der Waals surface area (Å²) in [5.41, 5.74) is 0. The van der Waals surface area contributed by atoms with Gasteiger partial charge >= 0.3 is 0 Å². The van der Waals surface area contributed by atoms with E-state index in [0.717, 1.165) is 36.0 Å². The van der Waals surface area contributed by atoms with Gasteiger partial charge in [0.1, 0.15) is 11.0 Å². The molecule has 0 aliphatic carbocycles. The Bertz CT molecular complexity index is 669. The Hall–Kier alpha value is -1.31. The fraction of sp³-hybridized carbons (Fsp3) is 0.688. The molecule has 4 heterocycles. The molecule has 2 aromatic rings. The van der Waals surface area contributed by atoms with Crippen LogP contribution >= 0.6 is 11.3 Å². The second-order valence-electron chi connectivity index (χ2n) is 6.79. The van der Waals surface area contributed by atoms with E-state index < -0.39 is 0 Å². The van der Waals surface area contributed by atoms with Crippen molar-refractivity contribution in [2.45, 2.75) is 45.3 Å². The lowest BCUT2D eigenvalue weighted by atomic mass is 10.1. The number of aromatic nitrogens is 3. The van der Waals surface area contributed by atoms with Crippen molar-refractivity contribution < 1.29 is 9.26 Å². The number of hydrogen-bond acceptors (Lipinski definition) is 7. The van der Waals surface area contributed by atoms with Crippen molar-refractivity contribution in [3.05, 3.63) is 17.0 Å². The molecule has 0 spiro atoms. The largest absolute Gasteiger partial charge is 0.367 e. The van der Waals surface area contributed by atoms with E-state index in [1.54, 1.807) is 11.3 Å². The molecule has 7 heteroatoms. The predicted molar refractivity (Wildman–Crippen MR) is 87.2 cm³/mol. The Kier molecular flexibility index (Phi) is 4.17. The van der Waals surface area contributed by atoms with Gasteiger partial charge in [0.25, 0.3) is 5.89 Å². The molecule has 23 heavy (non-hydrogen) atoms. The van der Waals surface area contributed by atoms with Crippen LogP contribution in [0.3, 0.4) is 0 Å². The van der Waals surface area contributed by atoms with Gasteiger partial charge in [-0.1, -0.05) is 19.0 Å². The number of fused-ring (bicyclic) bond motifs is 1. The van der Waals surface area contributed by atoms with Crippen LogP contribution in [0.2, 0.25) is 0 Å². The van der Waals surface area contributed by atoms with E-state index in [9.17, 15) is 0 Å². The van der Waals surface area contributed by atoms with Crippen LogP contribution in [0.25, 0.3) is 10.8 Å². The molecule has 6 nitrogen and oxygen atoms in total. The van der Waals surface area contributed by atoms with Crippen molar-refractivity contribution in [1.29, 1.82) is 0 Å². The first-order chi connectivity index (χ1) is 11.2. The van der Waals surface area contributed by atoms with E-state index >= 15 is 0 Å². The molecule has 2 aromatic heterocycles. The van der Waals surface area contributed by atoms with Gasteiger partial charge in [0, 0.05) is 19.0 Å². The smallest absolute Gasteiger partial charge is 0.269 e. The minimum atomic E-state index is -0.0788. The molecule has 2 atom stereocenters. The van der Waals surface area contributed by atoms with Gasteiger partial charge in [0.05, 0.1) is 17.8 Å². The summed E-state index contributed by atoms with van der Waals surface area (Å²) in [7, 11) is 0. The second-order valence-corrected chi connectivity index (χ2v) is 7.90. The van der Waals surface area contributed by atoms with E-state index in [1.807, 2.05) is 6.20 Å². The van der Waals surface area contributed by atoms with Crippen molar-refractivity contribution in [3.63, 3.8) is 0 Å². The zero-order valence-electron chi connectivity index (χ0n) is 13.6. The number of ether oxygens (including phenoxy) is 1. The number of rotatable bonds is 4. The molecular formula is C16H22N4O2S. The van der Waals surface area contributed by atoms with Gasteiger partial charge in [-0.3, -0.25) is 4.90 Å². The molecule has 0 amide bonds. The van der Waals surface area contributed by atoms with Gasteiger partial charge in [-0.2, -0.15) is 4.98 Å². The normalized spacial score (nSPS) is 25.2. The van der Waals surface area contributed by atoms with E-state index in [-0.39, 0.29) is 6.10 Å². The van der Waals surface area contributed by atoms with Gasteiger partial charge in [-0.25, -0.2) is 4.98 Å². The third-order valence-electron chi connectivity index (χ3n) is 4.47. The van der Waals surface area contributed by atoms with Crippen LogP contribution in [0, 0.1) is 5.92 Å². The fourth-order valence-corrected chi connectivity index (χ4v) is 4.34. The Morgan fingerprint density at radius 2 is 2.35 bits per heavy atom. The minimum Gasteiger partial charge on any atom is -0.367 e. The maximum Gasteiger partial charge on any atom is 0.269 e. The maximum atomic E-state index is 5.95. The Morgan fingerprint density at radius 1 is 1.43 bits per heavy atom. The number of nitrogens with zero attached hydrogens (tertiary/aromatic N) is 4. The SMILES string of the molecule is CC(C)Cc1ncc(-c2nc([C@H]3CN4CCC[C@H]4CO3)no2)s1. The summed E-state index contributed by atoms with van der Waals surface area (Å²) in [6.07, 6.45) is 5.23. The number of thiazole rings is 1. The Balaban J connectivity index is 1.47. The highest BCUT2D eigenvalue weighted by atomic mass is 32.1. The number of morpholine rings is 1. The molecule has 124 valence electrons. The first kappa shape index (κ1) is 15.2. The molecule has 2 saturated heterocycles. The van der Waals surface area contributed by atoms with E-state index in [1.165, 1.54) is 12.8 Å². The highest BCUT2D eigenvalue weighted by molar-refractivity contribution is 7.15.